The van der Waals surface area contributed by atoms with E-state index < -0.39 is 5.92 Å². The van der Waals surface area contributed by atoms with E-state index in [1.165, 1.54) is 6.07 Å². The van der Waals surface area contributed by atoms with E-state index in [-0.39, 0.29) is 23.8 Å². The number of rotatable bonds is 5. The Morgan fingerprint density at radius 2 is 1.92 bits per heavy atom. The summed E-state index contributed by atoms with van der Waals surface area (Å²) >= 11 is 0. The Balaban J connectivity index is 1.61. The lowest BCUT2D eigenvalue weighted by Crippen LogP contribution is -2.39. The van der Waals surface area contributed by atoms with Gasteiger partial charge >= 0.3 is 0 Å². The number of nitrogens with one attached hydrogen (secondary N) is 1. The molecule has 2 heterocycles. The van der Waals surface area contributed by atoms with Crippen molar-refractivity contribution in [1.82, 2.24) is 9.88 Å². The maximum absolute atomic E-state index is 12.6. The summed E-state index contributed by atoms with van der Waals surface area (Å²) in [6.45, 7) is 2.90. The number of anilines is 1. The Morgan fingerprint density at radius 1 is 1.15 bits per heavy atom. The molecular formula is C20H23N3O3. The molecular weight excluding hydrogens is 330 g/mol. The predicted molar refractivity (Wildman–Crippen MR) is 100 cm³/mol. The Hall–Kier alpha value is -2.89. The highest BCUT2D eigenvalue weighted by molar-refractivity contribution is 6.02. The van der Waals surface area contributed by atoms with Gasteiger partial charge in [-0.3, -0.25) is 14.4 Å². The summed E-state index contributed by atoms with van der Waals surface area (Å²) in [5.41, 5.74) is 2.53. The lowest BCUT2D eigenvalue weighted by Gasteiger charge is -2.30. The van der Waals surface area contributed by atoms with Crippen molar-refractivity contribution in [2.75, 3.05) is 18.5 Å². The molecule has 1 aromatic heterocycles. The minimum atomic E-state index is -0.462. The van der Waals surface area contributed by atoms with Crippen LogP contribution in [0.15, 0.2) is 47.3 Å². The average molecular weight is 353 g/mol. The van der Waals surface area contributed by atoms with E-state index in [1.54, 1.807) is 22.6 Å². The number of aryl methyl sites for hydroxylation is 1. The maximum atomic E-state index is 12.6. The molecule has 2 aromatic rings. The quantitative estimate of drug-likeness (QED) is 0.834. The van der Waals surface area contributed by atoms with Crippen LogP contribution >= 0.6 is 0 Å². The first kappa shape index (κ1) is 17.9. The third-order valence-electron chi connectivity index (χ3n) is 4.87. The van der Waals surface area contributed by atoms with E-state index in [1.807, 2.05) is 37.3 Å². The fraction of sp³-hybridized carbons (Fsp3) is 0.350. The second kappa shape index (κ2) is 7.56. The van der Waals surface area contributed by atoms with Crippen LogP contribution in [-0.4, -0.2) is 30.0 Å². The summed E-state index contributed by atoms with van der Waals surface area (Å²) in [6, 6.07) is 12.7. The molecule has 0 saturated carbocycles. The molecule has 1 atom stereocenters. The molecule has 6 nitrogen and oxygen atoms in total. The van der Waals surface area contributed by atoms with Gasteiger partial charge in [-0.05, 0) is 31.0 Å². The standard InChI is InChI=1S/C20H23N3O3/c1-14-7-5-10-18(24)23(14)12-6-11-21-20(26)16-13-19(25)22(2)17-9-4-3-8-15(16)17/h3-5,7-10,16H,6,11-13H2,1-2H3,(H,21,26). The van der Waals surface area contributed by atoms with Crippen LogP contribution in [0.1, 0.15) is 30.0 Å². The number of benzene rings is 1. The average Bonchev–Trinajstić information content (AvgIpc) is 2.63. The number of amides is 2. The number of fused-ring (bicyclic) bond motifs is 1. The molecule has 0 aliphatic carbocycles. The summed E-state index contributed by atoms with van der Waals surface area (Å²) in [5, 5.41) is 2.91. The van der Waals surface area contributed by atoms with Crippen molar-refractivity contribution in [2.24, 2.45) is 0 Å². The van der Waals surface area contributed by atoms with Crippen molar-refractivity contribution in [3.05, 3.63) is 64.1 Å². The molecule has 6 heteroatoms. The van der Waals surface area contributed by atoms with Gasteiger partial charge in [0.15, 0.2) is 0 Å². The van der Waals surface area contributed by atoms with Gasteiger partial charge in [-0.2, -0.15) is 0 Å². The number of nitrogens with zero attached hydrogens (tertiary/aromatic N) is 2. The highest BCUT2D eigenvalue weighted by Gasteiger charge is 2.33. The van der Waals surface area contributed by atoms with Gasteiger partial charge in [0.25, 0.3) is 5.56 Å². The van der Waals surface area contributed by atoms with Crippen molar-refractivity contribution < 1.29 is 9.59 Å². The van der Waals surface area contributed by atoms with Gasteiger partial charge in [0.05, 0.1) is 5.92 Å². The smallest absolute Gasteiger partial charge is 0.250 e. The van der Waals surface area contributed by atoms with Gasteiger partial charge in [-0.25, -0.2) is 0 Å². The summed E-state index contributed by atoms with van der Waals surface area (Å²) in [4.78, 5) is 38.2. The zero-order valence-corrected chi connectivity index (χ0v) is 15.1. The Bertz CT molecular complexity index is 888. The molecule has 26 heavy (non-hydrogen) atoms. The molecule has 0 radical (unpaired) electrons. The van der Waals surface area contributed by atoms with Crippen LogP contribution < -0.4 is 15.8 Å². The number of pyridine rings is 1. The highest BCUT2D eigenvalue weighted by Crippen LogP contribution is 2.34. The monoisotopic (exact) mass is 353 g/mol. The van der Waals surface area contributed by atoms with Gasteiger partial charge in [0.1, 0.15) is 0 Å². The number of carbonyl (C=O) groups excluding carboxylic acids is 2. The maximum Gasteiger partial charge on any atom is 0.250 e. The van der Waals surface area contributed by atoms with Gasteiger partial charge in [-0.1, -0.05) is 24.3 Å². The van der Waals surface area contributed by atoms with Gasteiger partial charge < -0.3 is 14.8 Å². The molecule has 1 aliphatic rings. The van der Waals surface area contributed by atoms with Crippen LogP contribution in [0.2, 0.25) is 0 Å². The van der Waals surface area contributed by atoms with Crippen molar-refractivity contribution in [2.45, 2.75) is 32.2 Å². The third kappa shape index (κ3) is 3.54. The van der Waals surface area contributed by atoms with Crippen molar-refractivity contribution >= 4 is 17.5 Å². The number of hydrogen-bond donors (Lipinski definition) is 1. The van der Waals surface area contributed by atoms with Crippen LogP contribution in [0.4, 0.5) is 5.69 Å². The Labute approximate surface area is 152 Å². The molecule has 1 aromatic carbocycles. The van der Waals surface area contributed by atoms with Crippen molar-refractivity contribution in [1.29, 1.82) is 0 Å². The third-order valence-corrected chi connectivity index (χ3v) is 4.87. The van der Waals surface area contributed by atoms with E-state index in [2.05, 4.69) is 5.32 Å². The molecule has 0 saturated heterocycles. The molecule has 1 unspecified atom stereocenters. The molecule has 0 fully saturated rings. The fourth-order valence-electron chi connectivity index (χ4n) is 3.36. The lowest BCUT2D eigenvalue weighted by molar-refractivity contribution is -0.127. The van der Waals surface area contributed by atoms with Crippen LogP contribution in [0.5, 0.6) is 0 Å². The Kier molecular flexibility index (Phi) is 5.21. The first-order chi connectivity index (χ1) is 12.5. The summed E-state index contributed by atoms with van der Waals surface area (Å²) in [6.07, 6.45) is 0.829. The fourth-order valence-corrected chi connectivity index (χ4v) is 3.36. The number of aromatic nitrogens is 1. The van der Waals surface area contributed by atoms with E-state index in [0.29, 0.717) is 19.5 Å². The normalized spacial score (nSPS) is 16.3. The molecule has 3 rings (SSSR count). The summed E-state index contributed by atoms with van der Waals surface area (Å²) < 4.78 is 1.69. The highest BCUT2D eigenvalue weighted by atomic mass is 16.2. The number of para-hydroxylation sites is 1. The molecule has 136 valence electrons. The zero-order valence-electron chi connectivity index (χ0n) is 15.1. The second-order valence-electron chi connectivity index (χ2n) is 6.57. The lowest BCUT2D eigenvalue weighted by atomic mass is 9.89. The van der Waals surface area contributed by atoms with E-state index in [4.69, 9.17) is 0 Å². The SMILES string of the molecule is Cc1cccc(=O)n1CCCNC(=O)C1CC(=O)N(C)c2ccccc21. The molecule has 1 N–H and O–H groups in total. The van der Waals surface area contributed by atoms with E-state index in [0.717, 1.165) is 16.9 Å². The van der Waals surface area contributed by atoms with Crippen molar-refractivity contribution in [3.8, 4) is 0 Å². The van der Waals surface area contributed by atoms with Crippen molar-refractivity contribution in [3.63, 3.8) is 0 Å². The van der Waals surface area contributed by atoms with Crippen LogP contribution in [0, 0.1) is 6.92 Å². The topological polar surface area (TPSA) is 71.4 Å². The van der Waals surface area contributed by atoms with Crippen LogP contribution in [0.3, 0.4) is 0 Å². The first-order valence-electron chi connectivity index (χ1n) is 8.78. The number of hydrogen-bond acceptors (Lipinski definition) is 3. The first-order valence-corrected chi connectivity index (χ1v) is 8.78. The summed E-state index contributed by atoms with van der Waals surface area (Å²) in [7, 11) is 1.73. The zero-order chi connectivity index (χ0) is 18.7. The predicted octanol–water partition coefficient (Wildman–Crippen LogP) is 1.81. The van der Waals surface area contributed by atoms with Crippen LogP contribution in [-0.2, 0) is 16.1 Å². The molecule has 1 aliphatic heterocycles. The molecule has 0 spiro atoms. The van der Waals surface area contributed by atoms with Crippen LogP contribution in [0.25, 0.3) is 0 Å². The minimum Gasteiger partial charge on any atom is -0.355 e. The van der Waals surface area contributed by atoms with E-state index >= 15 is 0 Å². The molecule has 2 amide bonds. The second-order valence-corrected chi connectivity index (χ2v) is 6.57. The van der Waals surface area contributed by atoms with Gasteiger partial charge in [-0.15, -0.1) is 0 Å². The van der Waals surface area contributed by atoms with Gasteiger partial charge in [0, 0.05) is 44.0 Å². The van der Waals surface area contributed by atoms with E-state index in [9.17, 15) is 14.4 Å². The largest absolute Gasteiger partial charge is 0.355 e. The minimum absolute atomic E-state index is 0.0360. The Morgan fingerprint density at radius 3 is 2.69 bits per heavy atom. The number of carbonyl (C=O) groups is 2. The van der Waals surface area contributed by atoms with Gasteiger partial charge in [0.2, 0.25) is 11.8 Å². The molecule has 0 bridgehead atoms. The summed E-state index contributed by atoms with van der Waals surface area (Å²) in [5.74, 6) is -0.664.